The molecule has 0 aliphatic heterocycles. The average Bonchev–Trinajstić information content (AvgIpc) is 2.38. The van der Waals surface area contributed by atoms with Crippen LogP contribution in [0.15, 0.2) is 30.3 Å². The number of nitrogens with one attached hydrogen (secondary N) is 1. The van der Waals surface area contributed by atoms with Gasteiger partial charge in [-0.1, -0.05) is 11.6 Å². The maximum atomic E-state index is 13.5. The van der Waals surface area contributed by atoms with E-state index in [2.05, 4.69) is 5.32 Å². The van der Waals surface area contributed by atoms with E-state index in [0.29, 0.717) is 31.2 Å². The number of nitrogens with two attached hydrogens (primary N) is 1. The lowest BCUT2D eigenvalue weighted by atomic mass is 10.2. The first kappa shape index (κ1) is 13.9. The van der Waals surface area contributed by atoms with Gasteiger partial charge in [0.1, 0.15) is 5.82 Å². The molecule has 0 saturated heterocycles. The Labute approximate surface area is 128 Å². The molecule has 0 spiro atoms. The van der Waals surface area contributed by atoms with E-state index in [1.54, 1.807) is 12.1 Å². The zero-order chi connectivity index (χ0) is 14.0. The van der Waals surface area contributed by atoms with E-state index in [0.717, 1.165) is 0 Å². The highest BCUT2D eigenvalue weighted by Crippen LogP contribution is 2.31. The monoisotopic (exact) mass is 387 g/mol. The Bertz CT molecular complexity index is 682. The van der Waals surface area contributed by atoms with Crippen molar-refractivity contribution in [2.24, 2.45) is 0 Å². The van der Waals surface area contributed by atoms with Crippen LogP contribution in [-0.2, 0) is 0 Å². The van der Waals surface area contributed by atoms with Gasteiger partial charge in [-0.15, -0.1) is 0 Å². The second-order valence-corrected chi connectivity index (χ2v) is 5.35. The number of benzene rings is 2. The Morgan fingerprint density at radius 1 is 1.26 bits per heavy atom. The van der Waals surface area contributed by atoms with Gasteiger partial charge >= 0.3 is 0 Å². The highest BCUT2D eigenvalue weighted by atomic mass is 127. The van der Waals surface area contributed by atoms with Gasteiger partial charge in [0.05, 0.1) is 37.3 Å². The fraction of sp³-hybridized carbons (Fsp3) is 0. The third-order valence-electron chi connectivity index (χ3n) is 2.46. The first-order valence-electron chi connectivity index (χ1n) is 5.22. The molecular weight excluding hydrogens is 380 g/mol. The second-order valence-electron chi connectivity index (χ2n) is 3.78. The topological polar surface area (TPSA) is 61.8 Å². The van der Waals surface area contributed by atoms with Crippen molar-refractivity contribution in [3.63, 3.8) is 0 Å². The zero-order valence-electron chi connectivity index (χ0n) is 9.55. The summed E-state index contributed by atoms with van der Waals surface area (Å²) in [6.45, 7) is 0. The number of hydrogen-bond acceptors (Lipinski definition) is 3. The normalized spacial score (nSPS) is 10.0. The van der Waals surface area contributed by atoms with Crippen LogP contribution in [0.4, 0.5) is 21.5 Å². The van der Waals surface area contributed by atoms with Gasteiger partial charge in [-0.2, -0.15) is 5.26 Å². The Balaban J connectivity index is 2.37. The molecule has 0 fully saturated rings. The van der Waals surface area contributed by atoms with Crippen molar-refractivity contribution in [3.05, 3.63) is 50.3 Å². The van der Waals surface area contributed by atoms with Gasteiger partial charge in [0.25, 0.3) is 0 Å². The maximum Gasteiger partial charge on any atom is 0.138 e. The summed E-state index contributed by atoms with van der Waals surface area (Å²) in [7, 11) is 0. The minimum Gasteiger partial charge on any atom is -0.397 e. The molecule has 0 unspecified atom stereocenters. The highest BCUT2D eigenvalue weighted by molar-refractivity contribution is 14.1. The number of hydrogen-bond donors (Lipinski definition) is 2. The van der Waals surface area contributed by atoms with Gasteiger partial charge in [0.2, 0.25) is 0 Å². The third kappa shape index (κ3) is 3.08. The molecule has 2 rings (SSSR count). The van der Waals surface area contributed by atoms with E-state index in [-0.39, 0.29) is 5.82 Å². The minimum atomic E-state index is -0.359. The van der Waals surface area contributed by atoms with Crippen LogP contribution in [0.3, 0.4) is 0 Å². The molecule has 96 valence electrons. The lowest BCUT2D eigenvalue weighted by Gasteiger charge is -2.11. The van der Waals surface area contributed by atoms with Crippen LogP contribution < -0.4 is 11.1 Å². The number of rotatable bonds is 2. The SMILES string of the molecule is N#Cc1ccc(Nc2cc(F)c(I)cc2N)c(Cl)c1. The predicted octanol–water partition coefficient (Wildman–Crippen LogP) is 4.28. The molecule has 0 saturated carbocycles. The van der Waals surface area contributed by atoms with Crippen LogP contribution in [-0.4, -0.2) is 0 Å². The summed E-state index contributed by atoms with van der Waals surface area (Å²) in [6, 6.07) is 9.64. The van der Waals surface area contributed by atoms with Crippen molar-refractivity contribution >= 4 is 51.3 Å². The van der Waals surface area contributed by atoms with Crippen LogP contribution in [0, 0.1) is 20.7 Å². The summed E-state index contributed by atoms with van der Waals surface area (Å²) < 4.78 is 14.0. The van der Waals surface area contributed by atoms with Gasteiger partial charge in [-0.05, 0) is 46.9 Å². The van der Waals surface area contributed by atoms with E-state index in [1.807, 2.05) is 28.7 Å². The summed E-state index contributed by atoms with van der Waals surface area (Å²) in [6.07, 6.45) is 0. The molecule has 6 heteroatoms. The zero-order valence-corrected chi connectivity index (χ0v) is 12.5. The molecule has 0 aromatic heterocycles. The highest BCUT2D eigenvalue weighted by Gasteiger charge is 2.08. The van der Waals surface area contributed by atoms with Crippen molar-refractivity contribution in [1.29, 1.82) is 5.26 Å². The molecule has 0 amide bonds. The van der Waals surface area contributed by atoms with Gasteiger partial charge < -0.3 is 11.1 Å². The Hall–Kier alpha value is -1.52. The van der Waals surface area contributed by atoms with E-state index in [1.165, 1.54) is 18.2 Å². The van der Waals surface area contributed by atoms with Crippen LogP contribution >= 0.6 is 34.2 Å². The van der Waals surface area contributed by atoms with Gasteiger partial charge in [-0.3, -0.25) is 0 Å². The lowest BCUT2D eigenvalue weighted by molar-refractivity contribution is 0.621. The smallest absolute Gasteiger partial charge is 0.138 e. The van der Waals surface area contributed by atoms with Crippen molar-refractivity contribution in [2.45, 2.75) is 0 Å². The summed E-state index contributed by atoms with van der Waals surface area (Å²) in [4.78, 5) is 0. The number of nitrogens with zero attached hydrogens (tertiary/aromatic N) is 1. The summed E-state index contributed by atoms with van der Waals surface area (Å²) in [5.74, 6) is -0.359. The van der Waals surface area contributed by atoms with Gasteiger partial charge in [-0.25, -0.2) is 4.39 Å². The molecule has 0 radical (unpaired) electrons. The number of anilines is 3. The molecule has 0 atom stereocenters. The molecule has 0 bridgehead atoms. The maximum absolute atomic E-state index is 13.5. The van der Waals surface area contributed by atoms with E-state index < -0.39 is 0 Å². The first-order chi connectivity index (χ1) is 9.01. The van der Waals surface area contributed by atoms with Gasteiger partial charge in [0, 0.05) is 6.07 Å². The van der Waals surface area contributed by atoms with Crippen molar-refractivity contribution in [2.75, 3.05) is 11.1 Å². The largest absolute Gasteiger partial charge is 0.397 e. The second kappa shape index (κ2) is 5.63. The van der Waals surface area contributed by atoms with Crippen LogP contribution in [0.5, 0.6) is 0 Å². The molecule has 0 heterocycles. The van der Waals surface area contributed by atoms with E-state index in [4.69, 9.17) is 22.6 Å². The van der Waals surface area contributed by atoms with Crippen molar-refractivity contribution < 1.29 is 4.39 Å². The number of nitrogen functional groups attached to an aromatic ring is 1. The quantitative estimate of drug-likeness (QED) is 0.597. The Kier molecular flexibility index (Phi) is 4.12. The fourth-order valence-electron chi connectivity index (χ4n) is 1.50. The van der Waals surface area contributed by atoms with Crippen LogP contribution in [0.25, 0.3) is 0 Å². The molecule has 2 aromatic carbocycles. The predicted molar refractivity (Wildman–Crippen MR) is 83.0 cm³/mol. The Morgan fingerprint density at radius 3 is 2.63 bits per heavy atom. The fourth-order valence-corrected chi connectivity index (χ4v) is 2.22. The van der Waals surface area contributed by atoms with Crippen molar-refractivity contribution in [1.82, 2.24) is 0 Å². The minimum absolute atomic E-state index is 0.359. The average molecular weight is 388 g/mol. The molecular formula is C13H8ClFIN3. The van der Waals surface area contributed by atoms with Crippen molar-refractivity contribution in [3.8, 4) is 6.07 Å². The number of halogens is 3. The first-order valence-corrected chi connectivity index (χ1v) is 6.68. The summed E-state index contributed by atoms with van der Waals surface area (Å²) >= 11 is 7.90. The Morgan fingerprint density at radius 2 is 2.00 bits per heavy atom. The third-order valence-corrected chi connectivity index (χ3v) is 3.60. The van der Waals surface area contributed by atoms with Crippen LogP contribution in [0.1, 0.15) is 5.56 Å². The van der Waals surface area contributed by atoms with E-state index in [9.17, 15) is 4.39 Å². The molecule has 19 heavy (non-hydrogen) atoms. The summed E-state index contributed by atoms with van der Waals surface area (Å²) in [5.41, 5.74) is 7.69. The number of nitriles is 1. The lowest BCUT2D eigenvalue weighted by Crippen LogP contribution is -1.99. The molecule has 3 N–H and O–H groups in total. The standard InChI is InChI=1S/C13H8ClFIN3/c14-8-3-7(6-17)1-2-12(8)19-13-4-9(15)10(16)5-11(13)18/h1-5,19H,18H2. The molecule has 0 aliphatic carbocycles. The summed E-state index contributed by atoms with van der Waals surface area (Å²) in [5, 5.41) is 12.1. The van der Waals surface area contributed by atoms with Crippen LogP contribution in [0.2, 0.25) is 5.02 Å². The van der Waals surface area contributed by atoms with Gasteiger partial charge in [0.15, 0.2) is 0 Å². The van der Waals surface area contributed by atoms with E-state index >= 15 is 0 Å². The molecule has 0 aliphatic rings. The molecule has 2 aromatic rings. The molecule has 3 nitrogen and oxygen atoms in total.